The third kappa shape index (κ3) is 4.09. The van der Waals surface area contributed by atoms with Crippen molar-refractivity contribution in [3.63, 3.8) is 0 Å². The van der Waals surface area contributed by atoms with Gasteiger partial charge in [-0.05, 0) is 30.3 Å². The van der Waals surface area contributed by atoms with Gasteiger partial charge in [-0.25, -0.2) is 25.3 Å². The molecule has 9 nitrogen and oxygen atoms in total. The van der Waals surface area contributed by atoms with Crippen molar-refractivity contribution >= 4 is 35.2 Å². The van der Waals surface area contributed by atoms with Gasteiger partial charge < -0.3 is 0 Å². The first-order chi connectivity index (χ1) is 14.5. The highest BCUT2D eigenvalue weighted by molar-refractivity contribution is 8.24. The minimum absolute atomic E-state index is 0.554. The number of sulfone groups is 3. The molecule has 0 unspecified atom stereocenters. The van der Waals surface area contributed by atoms with E-state index in [2.05, 4.69) is 0 Å². The van der Waals surface area contributed by atoms with E-state index in [4.69, 9.17) is 0 Å². The van der Waals surface area contributed by atoms with E-state index < -0.39 is 58.7 Å². The first-order valence-corrected chi connectivity index (χ1v) is 13.2. The van der Waals surface area contributed by atoms with Crippen molar-refractivity contribution in [2.24, 2.45) is 0 Å². The lowest BCUT2D eigenvalue weighted by molar-refractivity contribution is -0.387. The van der Waals surface area contributed by atoms with Crippen molar-refractivity contribution in [2.45, 2.75) is 18.6 Å². The fourth-order valence-corrected chi connectivity index (χ4v) is 11.3. The molecule has 31 heavy (non-hydrogen) atoms. The molecule has 0 aliphatic heterocycles. The number of hydrogen-bond acceptors (Lipinski definition) is 8. The second kappa shape index (κ2) is 8.21. The molecule has 0 radical (unpaired) electrons. The minimum Gasteiger partial charge on any atom is -0.258 e. The Morgan fingerprint density at radius 2 is 0.968 bits per heavy atom. The summed E-state index contributed by atoms with van der Waals surface area (Å²) >= 11 is 0. The molecule has 3 rings (SSSR count). The van der Waals surface area contributed by atoms with Crippen molar-refractivity contribution < 1.29 is 30.2 Å². The van der Waals surface area contributed by atoms with Crippen molar-refractivity contribution in [3.8, 4) is 0 Å². The summed E-state index contributed by atoms with van der Waals surface area (Å²) in [6, 6.07) is 16.3. The Labute approximate surface area is 178 Å². The summed E-state index contributed by atoms with van der Waals surface area (Å²) in [5, 5.41) is 11.4. The van der Waals surface area contributed by atoms with E-state index in [1.54, 1.807) is 0 Å². The summed E-state index contributed by atoms with van der Waals surface area (Å²) < 4.78 is 77.1. The number of nitro benzene ring substituents is 1. The van der Waals surface area contributed by atoms with Crippen LogP contribution in [0.4, 0.5) is 5.69 Å². The fraction of sp³-hybridized carbons (Fsp3) is 0.0526. The summed E-state index contributed by atoms with van der Waals surface area (Å²) in [4.78, 5) is 8.23. The standard InChI is InChI=1S/C19H15NO8S3/c21-20(22)17-13-7-8-14-18(17)31(27,28)19(29(23,24)15-9-3-1-4-10-15)30(25,26)16-11-5-2-6-12-16/h1-14,19H. The molecule has 0 saturated heterocycles. The van der Waals surface area contributed by atoms with Crippen LogP contribution in [-0.2, 0) is 29.5 Å². The number of para-hydroxylation sites is 1. The summed E-state index contributed by atoms with van der Waals surface area (Å²) in [5.74, 6) is 0. The predicted octanol–water partition coefficient (Wildman–Crippen LogP) is 2.60. The fourth-order valence-electron chi connectivity index (χ4n) is 2.90. The summed E-state index contributed by atoms with van der Waals surface area (Å²) in [6.45, 7) is 0. The number of rotatable bonds is 7. The Balaban J connectivity index is 2.40. The normalized spacial score (nSPS) is 12.5. The molecule has 0 aromatic heterocycles. The van der Waals surface area contributed by atoms with Crippen LogP contribution in [0.5, 0.6) is 0 Å². The zero-order valence-electron chi connectivity index (χ0n) is 15.6. The van der Waals surface area contributed by atoms with Gasteiger partial charge in [0.25, 0.3) is 9.60 Å². The molecule has 0 saturated carbocycles. The topological polar surface area (TPSA) is 146 Å². The van der Waals surface area contributed by atoms with Gasteiger partial charge in [0.15, 0.2) is 0 Å². The maximum Gasteiger partial charge on any atom is 0.288 e. The predicted molar refractivity (Wildman–Crippen MR) is 111 cm³/mol. The largest absolute Gasteiger partial charge is 0.288 e. The number of nitro groups is 1. The molecule has 0 aliphatic rings. The molecule has 0 amide bonds. The average molecular weight is 482 g/mol. The molecule has 0 atom stereocenters. The SMILES string of the molecule is O=[N+]([O-])c1ccccc1S(=O)(=O)C(S(=O)(=O)c1ccccc1)S(=O)(=O)c1ccccc1. The van der Waals surface area contributed by atoms with Gasteiger partial charge in [-0.2, -0.15) is 0 Å². The number of benzene rings is 3. The molecule has 0 N–H and O–H groups in total. The Morgan fingerprint density at radius 1 is 0.581 bits per heavy atom. The third-order valence-electron chi connectivity index (χ3n) is 4.27. The first kappa shape index (κ1) is 22.6. The zero-order chi connectivity index (χ0) is 22.9. The number of hydrogen-bond donors (Lipinski definition) is 0. The van der Waals surface area contributed by atoms with Crippen LogP contribution in [-0.4, -0.2) is 34.1 Å². The summed E-state index contributed by atoms with van der Waals surface area (Å²) in [6.07, 6.45) is 0. The van der Waals surface area contributed by atoms with Gasteiger partial charge in [0.2, 0.25) is 29.5 Å². The lowest BCUT2D eigenvalue weighted by atomic mass is 10.3. The van der Waals surface area contributed by atoms with E-state index in [0.717, 1.165) is 42.5 Å². The third-order valence-corrected chi connectivity index (χ3v) is 13.2. The Morgan fingerprint density at radius 3 is 1.39 bits per heavy atom. The Bertz CT molecular complexity index is 1360. The molecule has 162 valence electrons. The first-order valence-electron chi connectivity index (χ1n) is 8.56. The molecule has 0 bridgehead atoms. The average Bonchev–Trinajstić information content (AvgIpc) is 2.74. The highest BCUT2D eigenvalue weighted by Crippen LogP contribution is 2.36. The van der Waals surface area contributed by atoms with E-state index in [0.29, 0.717) is 0 Å². The quantitative estimate of drug-likeness (QED) is 0.370. The van der Waals surface area contributed by atoms with Crippen molar-refractivity contribution in [1.29, 1.82) is 0 Å². The van der Waals surface area contributed by atoms with E-state index in [9.17, 15) is 35.4 Å². The minimum atomic E-state index is -5.31. The summed E-state index contributed by atoms with van der Waals surface area (Å²) in [7, 11) is -15.4. The van der Waals surface area contributed by atoms with Gasteiger partial charge in [0.1, 0.15) is 4.90 Å². The van der Waals surface area contributed by atoms with Crippen molar-refractivity contribution in [1.82, 2.24) is 0 Å². The number of nitrogens with zero attached hydrogens (tertiary/aromatic N) is 1. The lowest BCUT2D eigenvalue weighted by Crippen LogP contribution is -2.38. The van der Waals surface area contributed by atoms with Gasteiger partial charge in [0.05, 0.1) is 14.7 Å². The highest BCUT2D eigenvalue weighted by Gasteiger charge is 2.52. The maximum atomic E-state index is 13.4. The van der Waals surface area contributed by atoms with E-state index in [1.807, 2.05) is 0 Å². The van der Waals surface area contributed by atoms with E-state index in [-0.39, 0.29) is 0 Å². The van der Waals surface area contributed by atoms with Gasteiger partial charge in [-0.3, -0.25) is 10.1 Å². The van der Waals surface area contributed by atoms with Crippen molar-refractivity contribution in [2.75, 3.05) is 0 Å². The molecule has 0 heterocycles. The zero-order valence-corrected chi connectivity index (χ0v) is 18.0. The maximum absolute atomic E-state index is 13.4. The molecule has 0 fully saturated rings. The monoisotopic (exact) mass is 481 g/mol. The van der Waals surface area contributed by atoms with Gasteiger partial charge in [0, 0.05) is 6.07 Å². The molecule has 3 aromatic rings. The molecule has 3 aromatic carbocycles. The van der Waals surface area contributed by atoms with Crippen LogP contribution in [0, 0.1) is 10.1 Å². The van der Waals surface area contributed by atoms with Gasteiger partial charge in [-0.1, -0.05) is 48.5 Å². The van der Waals surface area contributed by atoms with Crippen molar-refractivity contribution in [3.05, 3.63) is 95.0 Å². The van der Waals surface area contributed by atoms with Crippen LogP contribution in [0.25, 0.3) is 0 Å². The second-order valence-corrected chi connectivity index (χ2v) is 13.2. The van der Waals surface area contributed by atoms with Gasteiger partial charge in [-0.15, -0.1) is 0 Å². The van der Waals surface area contributed by atoms with E-state index in [1.165, 1.54) is 42.5 Å². The lowest BCUT2D eigenvalue weighted by Gasteiger charge is -2.19. The molecular weight excluding hydrogens is 466 g/mol. The van der Waals surface area contributed by atoms with Gasteiger partial charge >= 0.3 is 0 Å². The molecule has 0 spiro atoms. The molecular formula is C19H15NO8S3. The highest BCUT2D eigenvalue weighted by atomic mass is 32.3. The van der Waals surface area contributed by atoms with Crippen LogP contribution >= 0.6 is 0 Å². The smallest absolute Gasteiger partial charge is 0.258 e. The van der Waals surface area contributed by atoms with Crippen LogP contribution < -0.4 is 0 Å². The second-order valence-electron chi connectivity index (χ2n) is 6.27. The summed E-state index contributed by atoms with van der Waals surface area (Å²) in [5.41, 5.74) is -0.931. The van der Waals surface area contributed by atoms with Crippen LogP contribution in [0.2, 0.25) is 0 Å². The van der Waals surface area contributed by atoms with Crippen LogP contribution in [0.1, 0.15) is 0 Å². The molecule has 12 heteroatoms. The Kier molecular flexibility index (Phi) is 5.98. The Hall–Kier alpha value is -3.09. The molecule has 0 aliphatic carbocycles. The van der Waals surface area contributed by atoms with E-state index >= 15 is 0 Å². The van der Waals surface area contributed by atoms with Crippen LogP contribution in [0.3, 0.4) is 0 Å². The van der Waals surface area contributed by atoms with Crippen LogP contribution in [0.15, 0.2) is 99.6 Å².